The first-order valence-corrected chi connectivity index (χ1v) is 9.39. The molecule has 1 N–H and O–H groups in total. The van der Waals surface area contributed by atoms with Crippen LogP contribution in [0.3, 0.4) is 0 Å². The van der Waals surface area contributed by atoms with Crippen LogP contribution in [0.25, 0.3) is 0 Å². The maximum atomic E-state index is 12.4. The number of anilines is 1. The van der Waals surface area contributed by atoms with Gasteiger partial charge in [0.1, 0.15) is 0 Å². The molecular formula is C17H18N2O6S. The molecule has 2 aromatic carbocycles. The van der Waals surface area contributed by atoms with Gasteiger partial charge >= 0.3 is 5.97 Å². The molecule has 0 saturated carbocycles. The first-order chi connectivity index (χ1) is 12.2. The van der Waals surface area contributed by atoms with Gasteiger partial charge in [-0.05, 0) is 37.1 Å². The molecule has 0 aliphatic rings. The zero-order valence-corrected chi connectivity index (χ0v) is 15.1. The van der Waals surface area contributed by atoms with Crippen LogP contribution in [0.5, 0.6) is 0 Å². The molecule has 0 amide bonds. The minimum Gasteiger partial charge on any atom is -0.462 e. The summed E-state index contributed by atoms with van der Waals surface area (Å²) in [5, 5.41) is 10.8. The molecule has 0 aliphatic heterocycles. The standard InChI is InChI=1S/C17H18N2O6S/c1-3-25-17(20)15-8-5-9-16(12(15)2)18-26(23,24)11-13-6-4-7-14(10-13)19(21)22/h4-10,18H,3,11H2,1-2H3. The molecule has 0 aromatic heterocycles. The number of esters is 1. The summed E-state index contributed by atoms with van der Waals surface area (Å²) in [6.45, 7) is 3.50. The Kier molecular flexibility index (Phi) is 5.93. The van der Waals surface area contributed by atoms with Crippen molar-refractivity contribution >= 4 is 27.4 Å². The monoisotopic (exact) mass is 378 g/mol. The van der Waals surface area contributed by atoms with Crippen molar-refractivity contribution in [3.63, 3.8) is 0 Å². The third kappa shape index (κ3) is 4.79. The number of hydrogen-bond donors (Lipinski definition) is 1. The smallest absolute Gasteiger partial charge is 0.338 e. The predicted molar refractivity (Wildman–Crippen MR) is 96.5 cm³/mol. The molecule has 0 saturated heterocycles. The van der Waals surface area contributed by atoms with E-state index in [9.17, 15) is 23.3 Å². The summed E-state index contributed by atoms with van der Waals surface area (Å²) in [6, 6.07) is 10.0. The molecule has 0 spiro atoms. The summed E-state index contributed by atoms with van der Waals surface area (Å²) in [5.74, 6) is -0.970. The van der Waals surface area contributed by atoms with Crippen molar-refractivity contribution in [3.05, 3.63) is 69.3 Å². The number of carbonyl (C=O) groups is 1. The summed E-state index contributed by atoms with van der Waals surface area (Å²) in [7, 11) is -3.83. The Labute approximate surface area is 151 Å². The quantitative estimate of drug-likeness (QED) is 0.450. The van der Waals surface area contributed by atoms with E-state index in [-0.39, 0.29) is 29.1 Å². The second-order valence-corrected chi connectivity index (χ2v) is 7.21. The third-order valence-electron chi connectivity index (χ3n) is 3.57. The van der Waals surface area contributed by atoms with Gasteiger partial charge in [0.05, 0.1) is 28.5 Å². The number of nitro groups is 1. The molecule has 26 heavy (non-hydrogen) atoms. The Bertz CT molecular complexity index is 940. The highest BCUT2D eigenvalue weighted by Gasteiger charge is 2.18. The average Bonchev–Trinajstić information content (AvgIpc) is 2.56. The molecule has 2 rings (SSSR count). The number of rotatable bonds is 7. The molecule has 9 heteroatoms. The third-order valence-corrected chi connectivity index (χ3v) is 4.82. The first-order valence-electron chi connectivity index (χ1n) is 7.74. The van der Waals surface area contributed by atoms with Crippen LogP contribution in [0.1, 0.15) is 28.4 Å². The lowest BCUT2D eigenvalue weighted by atomic mass is 10.1. The van der Waals surface area contributed by atoms with Crippen LogP contribution in [0, 0.1) is 17.0 Å². The maximum Gasteiger partial charge on any atom is 0.338 e. The predicted octanol–water partition coefficient (Wildman–Crippen LogP) is 3.02. The Morgan fingerprint density at radius 1 is 1.23 bits per heavy atom. The second-order valence-electron chi connectivity index (χ2n) is 5.49. The number of non-ortho nitro benzene ring substituents is 1. The van der Waals surface area contributed by atoms with Crippen LogP contribution in [0.4, 0.5) is 11.4 Å². The van der Waals surface area contributed by atoms with Gasteiger partial charge in [0.2, 0.25) is 10.0 Å². The van der Waals surface area contributed by atoms with Crippen LogP contribution >= 0.6 is 0 Å². The molecule has 0 radical (unpaired) electrons. The molecule has 0 atom stereocenters. The second kappa shape index (κ2) is 7.96. The number of carbonyl (C=O) groups excluding carboxylic acids is 1. The largest absolute Gasteiger partial charge is 0.462 e. The summed E-state index contributed by atoms with van der Waals surface area (Å²) < 4.78 is 32.2. The van der Waals surface area contributed by atoms with E-state index in [0.717, 1.165) is 0 Å². The Balaban J connectivity index is 2.24. The van der Waals surface area contributed by atoms with E-state index < -0.39 is 26.7 Å². The van der Waals surface area contributed by atoms with E-state index in [1.54, 1.807) is 26.0 Å². The Hall–Kier alpha value is -2.94. The number of benzene rings is 2. The molecule has 2 aromatic rings. The van der Waals surface area contributed by atoms with Gasteiger partial charge in [-0.1, -0.05) is 18.2 Å². The first kappa shape index (κ1) is 19.4. The molecular weight excluding hydrogens is 360 g/mol. The van der Waals surface area contributed by atoms with Gasteiger partial charge in [0, 0.05) is 12.1 Å². The van der Waals surface area contributed by atoms with Gasteiger partial charge < -0.3 is 4.74 Å². The van der Waals surface area contributed by atoms with Crippen molar-refractivity contribution in [3.8, 4) is 0 Å². The Morgan fingerprint density at radius 2 is 1.92 bits per heavy atom. The van der Waals surface area contributed by atoms with Crippen molar-refractivity contribution in [2.75, 3.05) is 11.3 Å². The fourth-order valence-corrected chi connectivity index (χ4v) is 3.61. The molecule has 0 unspecified atom stereocenters. The van der Waals surface area contributed by atoms with Gasteiger partial charge in [-0.25, -0.2) is 13.2 Å². The van der Waals surface area contributed by atoms with Crippen molar-refractivity contribution < 1.29 is 22.9 Å². The van der Waals surface area contributed by atoms with Crippen LogP contribution in [0.2, 0.25) is 0 Å². The van der Waals surface area contributed by atoms with Crippen molar-refractivity contribution in [2.24, 2.45) is 0 Å². The summed E-state index contributed by atoms with van der Waals surface area (Å²) in [6.07, 6.45) is 0. The summed E-state index contributed by atoms with van der Waals surface area (Å²) in [5.41, 5.74) is 1.06. The number of nitrogens with one attached hydrogen (secondary N) is 1. The minimum absolute atomic E-state index is 0.182. The molecule has 138 valence electrons. The average molecular weight is 378 g/mol. The van der Waals surface area contributed by atoms with Crippen molar-refractivity contribution in [1.29, 1.82) is 0 Å². The number of nitrogens with zero attached hydrogens (tertiary/aromatic N) is 1. The summed E-state index contributed by atoms with van der Waals surface area (Å²) in [4.78, 5) is 22.1. The topological polar surface area (TPSA) is 116 Å². The van der Waals surface area contributed by atoms with E-state index in [2.05, 4.69) is 4.72 Å². The minimum atomic E-state index is -3.83. The molecule has 0 bridgehead atoms. The van der Waals surface area contributed by atoms with Gasteiger partial charge in [0.25, 0.3) is 5.69 Å². The van der Waals surface area contributed by atoms with E-state index in [1.807, 2.05) is 0 Å². The lowest BCUT2D eigenvalue weighted by molar-refractivity contribution is -0.384. The van der Waals surface area contributed by atoms with Crippen molar-refractivity contribution in [2.45, 2.75) is 19.6 Å². The van der Waals surface area contributed by atoms with Gasteiger partial charge in [-0.2, -0.15) is 0 Å². The number of sulfonamides is 1. The normalized spacial score (nSPS) is 11.0. The highest BCUT2D eigenvalue weighted by Crippen LogP contribution is 2.22. The van der Waals surface area contributed by atoms with Gasteiger partial charge in [0.15, 0.2) is 0 Å². The maximum absolute atomic E-state index is 12.4. The molecule has 0 fully saturated rings. The molecule has 0 aliphatic carbocycles. The SMILES string of the molecule is CCOC(=O)c1cccc(NS(=O)(=O)Cc2cccc([N+](=O)[O-])c2)c1C. The fourth-order valence-electron chi connectivity index (χ4n) is 2.36. The number of nitro benzene ring substituents is 1. The molecule has 0 heterocycles. The summed E-state index contributed by atoms with van der Waals surface area (Å²) >= 11 is 0. The number of hydrogen-bond acceptors (Lipinski definition) is 6. The van der Waals surface area contributed by atoms with E-state index in [1.165, 1.54) is 30.3 Å². The van der Waals surface area contributed by atoms with E-state index >= 15 is 0 Å². The Morgan fingerprint density at radius 3 is 2.58 bits per heavy atom. The fraction of sp³-hybridized carbons (Fsp3) is 0.235. The van der Waals surface area contributed by atoms with Crippen LogP contribution < -0.4 is 4.72 Å². The van der Waals surface area contributed by atoms with Crippen molar-refractivity contribution in [1.82, 2.24) is 0 Å². The zero-order valence-electron chi connectivity index (χ0n) is 14.3. The zero-order chi connectivity index (χ0) is 19.3. The van der Waals surface area contributed by atoms with Crippen LogP contribution in [-0.2, 0) is 20.5 Å². The van der Waals surface area contributed by atoms with Crippen LogP contribution in [-0.4, -0.2) is 25.9 Å². The highest BCUT2D eigenvalue weighted by atomic mass is 32.2. The number of ether oxygens (including phenoxy) is 1. The van der Waals surface area contributed by atoms with E-state index in [4.69, 9.17) is 4.74 Å². The lowest BCUT2D eigenvalue weighted by Crippen LogP contribution is -2.17. The molecule has 8 nitrogen and oxygen atoms in total. The highest BCUT2D eigenvalue weighted by molar-refractivity contribution is 7.91. The van der Waals surface area contributed by atoms with Gasteiger partial charge in [-0.15, -0.1) is 0 Å². The van der Waals surface area contributed by atoms with Crippen LogP contribution in [0.15, 0.2) is 42.5 Å². The lowest BCUT2D eigenvalue weighted by Gasteiger charge is -2.13. The van der Waals surface area contributed by atoms with Gasteiger partial charge in [-0.3, -0.25) is 14.8 Å². The van der Waals surface area contributed by atoms with E-state index in [0.29, 0.717) is 5.56 Å².